The summed E-state index contributed by atoms with van der Waals surface area (Å²) < 4.78 is 5.40. The Labute approximate surface area is 69.6 Å². The molecule has 0 aromatic heterocycles. The van der Waals surface area contributed by atoms with Crippen LogP contribution in [-0.4, -0.2) is 23.4 Å². The van der Waals surface area contributed by atoms with E-state index in [0.29, 0.717) is 6.61 Å². The first-order valence-corrected chi connectivity index (χ1v) is 4.42. The molecule has 0 saturated heterocycles. The first-order valence-electron chi connectivity index (χ1n) is 4.42. The minimum absolute atomic E-state index is 0.0162. The van der Waals surface area contributed by atoms with Gasteiger partial charge in [-0.3, -0.25) is 0 Å². The lowest BCUT2D eigenvalue weighted by molar-refractivity contribution is -0.0984. The maximum absolute atomic E-state index is 9.79. The molecule has 2 heteroatoms. The van der Waals surface area contributed by atoms with Crippen LogP contribution in [0.5, 0.6) is 0 Å². The molecule has 0 spiro atoms. The topological polar surface area (TPSA) is 29.5 Å². The zero-order valence-corrected chi connectivity index (χ0v) is 8.05. The highest BCUT2D eigenvalue weighted by Gasteiger charge is 2.28. The van der Waals surface area contributed by atoms with Crippen LogP contribution in [0, 0.1) is 0 Å². The van der Waals surface area contributed by atoms with E-state index in [0.717, 1.165) is 12.8 Å². The highest BCUT2D eigenvalue weighted by atomic mass is 16.5. The molecule has 0 fully saturated rings. The molecule has 0 heterocycles. The highest BCUT2D eigenvalue weighted by molar-refractivity contribution is 4.80. The average molecular weight is 160 g/mol. The van der Waals surface area contributed by atoms with E-state index in [2.05, 4.69) is 0 Å². The molecular weight excluding hydrogens is 140 g/mol. The lowest BCUT2D eigenvalue weighted by Gasteiger charge is -2.30. The third kappa shape index (κ3) is 3.21. The fourth-order valence-electron chi connectivity index (χ4n) is 1.17. The fraction of sp³-hybridized carbons (Fsp3) is 1.00. The molecule has 0 aromatic rings. The Morgan fingerprint density at radius 1 is 1.36 bits per heavy atom. The first kappa shape index (κ1) is 10.9. The van der Waals surface area contributed by atoms with E-state index in [4.69, 9.17) is 4.74 Å². The summed E-state index contributed by atoms with van der Waals surface area (Å²) >= 11 is 0. The molecule has 0 aliphatic carbocycles. The molecule has 0 aliphatic rings. The van der Waals surface area contributed by atoms with Crippen LogP contribution in [0.4, 0.5) is 0 Å². The molecule has 1 N–H and O–H groups in total. The maximum atomic E-state index is 9.79. The molecule has 0 aromatic carbocycles. The van der Waals surface area contributed by atoms with Gasteiger partial charge < -0.3 is 9.84 Å². The van der Waals surface area contributed by atoms with Crippen molar-refractivity contribution in [1.82, 2.24) is 0 Å². The Morgan fingerprint density at radius 3 is 2.18 bits per heavy atom. The number of rotatable bonds is 5. The third-order valence-corrected chi connectivity index (χ3v) is 2.15. The zero-order valence-electron chi connectivity index (χ0n) is 8.05. The second-order valence-corrected chi connectivity index (χ2v) is 3.06. The van der Waals surface area contributed by atoms with E-state index in [1.54, 1.807) is 0 Å². The summed E-state index contributed by atoms with van der Waals surface area (Å²) in [4.78, 5) is 0. The Bertz CT molecular complexity index is 99.7. The van der Waals surface area contributed by atoms with Crippen molar-refractivity contribution < 1.29 is 9.84 Å². The van der Waals surface area contributed by atoms with Gasteiger partial charge in [-0.15, -0.1) is 0 Å². The van der Waals surface area contributed by atoms with Crippen LogP contribution in [0.15, 0.2) is 0 Å². The van der Waals surface area contributed by atoms with Crippen LogP contribution < -0.4 is 0 Å². The first-order chi connectivity index (χ1) is 5.08. The molecular formula is C9H20O2. The van der Waals surface area contributed by atoms with Crippen molar-refractivity contribution in [2.45, 2.75) is 52.2 Å². The van der Waals surface area contributed by atoms with Crippen LogP contribution in [0.2, 0.25) is 0 Å². The van der Waals surface area contributed by atoms with Gasteiger partial charge >= 0.3 is 0 Å². The average Bonchev–Trinajstić information content (AvgIpc) is 2.00. The molecule has 68 valence electrons. The molecule has 0 radical (unpaired) electrons. The summed E-state index contributed by atoms with van der Waals surface area (Å²) in [7, 11) is 0. The highest BCUT2D eigenvalue weighted by Crippen LogP contribution is 2.19. The summed E-state index contributed by atoms with van der Waals surface area (Å²) in [5, 5.41) is 9.79. The number of hydrogen-bond acceptors (Lipinski definition) is 2. The fourth-order valence-corrected chi connectivity index (χ4v) is 1.17. The summed E-state index contributed by atoms with van der Waals surface area (Å²) in [5.41, 5.74) is -0.662. The van der Waals surface area contributed by atoms with E-state index in [-0.39, 0.29) is 6.10 Å². The van der Waals surface area contributed by atoms with Gasteiger partial charge in [0.2, 0.25) is 0 Å². The van der Waals surface area contributed by atoms with Crippen LogP contribution in [-0.2, 0) is 4.74 Å². The van der Waals surface area contributed by atoms with Crippen molar-refractivity contribution in [1.29, 1.82) is 0 Å². The van der Waals surface area contributed by atoms with Crippen molar-refractivity contribution in [2.24, 2.45) is 0 Å². The van der Waals surface area contributed by atoms with E-state index in [1.807, 2.05) is 27.7 Å². The Balaban J connectivity index is 3.99. The molecule has 0 aliphatic heterocycles. The second-order valence-electron chi connectivity index (χ2n) is 3.06. The predicted molar refractivity (Wildman–Crippen MR) is 46.6 cm³/mol. The largest absolute Gasteiger partial charge is 0.387 e. The minimum Gasteiger partial charge on any atom is -0.387 e. The van der Waals surface area contributed by atoms with Gasteiger partial charge in [0.1, 0.15) is 0 Å². The van der Waals surface area contributed by atoms with E-state index < -0.39 is 5.60 Å². The molecule has 0 bridgehead atoms. The van der Waals surface area contributed by atoms with E-state index >= 15 is 0 Å². The van der Waals surface area contributed by atoms with Crippen molar-refractivity contribution in [3.63, 3.8) is 0 Å². The molecule has 2 atom stereocenters. The summed E-state index contributed by atoms with van der Waals surface area (Å²) in [5.74, 6) is 0. The summed E-state index contributed by atoms with van der Waals surface area (Å²) in [6.07, 6.45) is 1.60. The molecule has 0 saturated carbocycles. The smallest absolute Gasteiger partial charge is 0.0877 e. The zero-order chi connectivity index (χ0) is 8.91. The molecule has 11 heavy (non-hydrogen) atoms. The molecule has 2 nitrogen and oxygen atoms in total. The van der Waals surface area contributed by atoms with Gasteiger partial charge in [0, 0.05) is 6.61 Å². The van der Waals surface area contributed by atoms with Gasteiger partial charge in [0.05, 0.1) is 11.7 Å². The van der Waals surface area contributed by atoms with E-state index in [1.165, 1.54) is 0 Å². The minimum atomic E-state index is -0.662. The number of aliphatic hydroxyl groups is 1. The van der Waals surface area contributed by atoms with Crippen LogP contribution in [0.25, 0.3) is 0 Å². The summed E-state index contributed by atoms with van der Waals surface area (Å²) in [6, 6.07) is 0. The van der Waals surface area contributed by atoms with Crippen molar-refractivity contribution in [3.8, 4) is 0 Å². The van der Waals surface area contributed by atoms with Gasteiger partial charge in [0.15, 0.2) is 0 Å². The SMILES string of the molecule is CCOC(CC)C(C)(O)CC. The van der Waals surface area contributed by atoms with Gasteiger partial charge in [-0.05, 0) is 26.7 Å². The van der Waals surface area contributed by atoms with Crippen LogP contribution in [0.1, 0.15) is 40.5 Å². The van der Waals surface area contributed by atoms with Crippen LogP contribution in [0.3, 0.4) is 0 Å². The Morgan fingerprint density at radius 2 is 1.91 bits per heavy atom. The summed E-state index contributed by atoms with van der Waals surface area (Å²) in [6.45, 7) is 8.46. The van der Waals surface area contributed by atoms with E-state index in [9.17, 15) is 5.11 Å². The maximum Gasteiger partial charge on any atom is 0.0877 e. The molecule has 0 amide bonds. The lowest BCUT2D eigenvalue weighted by atomic mass is 9.94. The second kappa shape index (κ2) is 4.73. The van der Waals surface area contributed by atoms with Crippen molar-refractivity contribution >= 4 is 0 Å². The van der Waals surface area contributed by atoms with Crippen molar-refractivity contribution in [3.05, 3.63) is 0 Å². The number of hydrogen-bond donors (Lipinski definition) is 1. The predicted octanol–water partition coefficient (Wildman–Crippen LogP) is 1.96. The van der Waals surface area contributed by atoms with Gasteiger partial charge in [-0.25, -0.2) is 0 Å². The van der Waals surface area contributed by atoms with Crippen molar-refractivity contribution in [2.75, 3.05) is 6.61 Å². The standard InChI is InChI=1S/C9H20O2/c1-5-8(11-7-3)9(4,10)6-2/h8,10H,5-7H2,1-4H3. The van der Waals surface area contributed by atoms with Gasteiger partial charge in [0.25, 0.3) is 0 Å². The number of ether oxygens (including phenoxy) is 1. The Hall–Kier alpha value is -0.0800. The molecule has 2 unspecified atom stereocenters. The van der Waals surface area contributed by atoms with Gasteiger partial charge in [-0.2, -0.15) is 0 Å². The molecule has 0 rings (SSSR count). The Kier molecular flexibility index (Phi) is 4.69. The van der Waals surface area contributed by atoms with Crippen LogP contribution >= 0.6 is 0 Å². The normalized spacial score (nSPS) is 19.4. The monoisotopic (exact) mass is 160 g/mol. The lowest BCUT2D eigenvalue weighted by Crippen LogP contribution is -2.40. The quantitative estimate of drug-likeness (QED) is 0.666. The van der Waals surface area contributed by atoms with Gasteiger partial charge in [-0.1, -0.05) is 13.8 Å². The third-order valence-electron chi connectivity index (χ3n) is 2.15.